The fraction of sp³-hybridized carbons (Fsp3) is 0.250. The van der Waals surface area contributed by atoms with Crippen molar-refractivity contribution < 1.29 is 19.1 Å². The Labute approximate surface area is 211 Å². The van der Waals surface area contributed by atoms with Gasteiger partial charge in [-0.3, -0.25) is 14.5 Å². The summed E-state index contributed by atoms with van der Waals surface area (Å²) in [6.45, 7) is 0.113. The molecule has 3 aromatic rings. The van der Waals surface area contributed by atoms with Crippen LogP contribution in [0.15, 0.2) is 84.0 Å². The Bertz CT molecular complexity index is 1210. The second kappa shape index (κ2) is 11.5. The molecule has 186 valence electrons. The van der Waals surface area contributed by atoms with Gasteiger partial charge in [0.2, 0.25) is 5.91 Å². The maximum absolute atomic E-state index is 13.4. The van der Waals surface area contributed by atoms with Gasteiger partial charge in [-0.25, -0.2) is 5.01 Å². The predicted octanol–water partition coefficient (Wildman–Crippen LogP) is 3.95. The molecule has 0 saturated carbocycles. The first-order valence-electron chi connectivity index (χ1n) is 11.7. The topological polar surface area (TPSA) is 83.5 Å². The number of hydrazone groups is 1. The van der Waals surface area contributed by atoms with Gasteiger partial charge in [-0.15, -0.1) is 0 Å². The number of amides is 2. The van der Waals surface area contributed by atoms with E-state index in [-0.39, 0.29) is 30.9 Å². The normalized spacial score (nSPS) is 14.9. The van der Waals surface area contributed by atoms with Gasteiger partial charge in [-0.1, -0.05) is 42.5 Å². The second-order valence-electron chi connectivity index (χ2n) is 8.59. The quantitative estimate of drug-likeness (QED) is 0.495. The molecule has 1 N–H and O–H groups in total. The summed E-state index contributed by atoms with van der Waals surface area (Å²) in [4.78, 5) is 27.6. The molecule has 1 atom stereocenters. The van der Waals surface area contributed by atoms with Crippen molar-refractivity contribution in [1.29, 1.82) is 0 Å². The lowest BCUT2D eigenvalue weighted by Crippen LogP contribution is -2.39. The molecule has 3 aromatic carbocycles. The number of likely N-dealkylation sites (N-methyl/N-ethyl adjacent to an activating group) is 1. The minimum absolute atomic E-state index is 0.0499. The number of hydrogen-bond donors (Lipinski definition) is 1. The lowest BCUT2D eigenvalue weighted by molar-refractivity contribution is -0.134. The van der Waals surface area contributed by atoms with E-state index in [2.05, 4.69) is 5.32 Å². The third kappa shape index (κ3) is 6.09. The van der Waals surface area contributed by atoms with Gasteiger partial charge >= 0.3 is 0 Å². The fourth-order valence-electron chi connectivity index (χ4n) is 4.11. The van der Waals surface area contributed by atoms with Crippen LogP contribution in [0.4, 0.5) is 5.69 Å². The van der Waals surface area contributed by atoms with Crippen LogP contribution in [0.25, 0.3) is 0 Å². The zero-order valence-corrected chi connectivity index (χ0v) is 20.7. The summed E-state index contributed by atoms with van der Waals surface area (Å²) in [5.74, 6) is 1.07. The summed E-state index contributed by atoms with van der Waals surface area (Å²) in [7, 11) is 4.95. The van der Waals surface area contributed by atoms with E-state index in [9.17, 15) is 9.59 Å². The number of anilines is 1. The molecule has 1 aliphatic rings. The molecule has 0 aliphatic carbocycles. The highest BCUT2D eigenvalue weighted by atomic mass is 16.5. The largest absolute Gasteiger partial charge is 0.497 e. The van der Waals surface area contributed by atoms with Gasteiger partial charge < -0.3 is 14.8 Å². The number of benzene rings is 3. The van der Waals surface area contributed by atoms with Crippen molar-refractivity contribution in [1.82, 2.24) is 9.91 Å². The average molecular weight is 487 g/mol. The summed E-state index contributed by atoms with van der Waals surface area (Å²) in [6, 6.07) is 24.4. The SMILES string of the molecule is COc1ccc(NC(=O)CN(C)CC(=O)N2N=C(c3ccccc3)CC2c2ccc(OC)cc2)cc1. The summed E-state index contributed by atoms with van der Waals surface area (Å²) >= 11 is 0. The molecule has 0 spiro atoms. The van der Waals surface area contributed by atoms with E-state index >= 15 is 0 Å². The number of carbonyl (C=O) groups excluding carboxylic acids is 2. The molecular formula is C28H30N4O4. The fourth-order valence-corrected chi connectivity index (χ4v) is 4.11. The maximum Gasteiger partial charge on any atom is 0.257 e. The zero-order chi connectivity index (χ0) is 25.5. The number of methoxy groups -OCH3 is 2. The lowest BCUT2D eigenvalue weighted by atomic mass is 9.98. The van der Waals surface area contributed by atoms with E-state index in [1.807, 2.05) is 54.6 Å². The third-order valence-electron chi connectivity index (χ3n) is 5.97. The average Bonchev–Trinajstić information content (AvgIpc) is 3.35. The van der Waals surface area contributed by atoms with Crippen LogP contribution < -0.4 is 14.8 Å². The molecule has 0 fully saturated rings. The van der Waals surface area contributed by atoms with Gasteiger partial charge in [0.05, 0.1) is 39.1 Å². The van der Waals surface area contributed by atoms with Crippen LogP contribution >= 0.6 is 0 Å². The Morgan fingerprint density at radius 2 is 1.53 bits per heavy atom. The van der Waals surface area contributed by atoms with Crippen molar-refractivity contribution in [2.75, 3.05) is 39.7 Å². The van der Waals surface area contributed by atoms with E-state index in [1.165, 1.54) is 0 Å². The van der Waals surface area contributed by atoms with Gasteiger partial charge in [0.25, 0.3) is 5.91 Å². The van der Waals surface area contributed by atoms with Crippen molar-refractivity contribution in [2.45, 2.75) is 12.5 Å². The van der Waals surface area contributed by atoms with Crippen molar-refractivity contribution in [3.05, 3.63) is 90.0 Å². The highest BCUT2D eigenvalue weighted by molar-refractivity contribution is 6.03. The Balaban J connectivity index is 1.44. The minimum Gasteiger partial charge on any atom is -0.497 e. The van der Waals surface area contributed by atoms with Crippen LogP contribution in [0.2, 0.25) is 0 Å². The zero-order valence-electron chi connectivity index (χ0n) is 20.7. The molecule has 1 aliphatic heterocycles. The van der Waals surface area contributed by atoms with Gasteiger partial charge in [0.15, 0.2) is 0 Å². The van der Waals surface area contributed by atoms with Crippen molar-refractivity contribution in [2.24, 2.45) is 5.10 Å². The number of nitrogens with one attached hydrogen (secondary N) is 1. The minimum atomic E-state index is -0.236. The summed E-state index contributed by atoms with van der Waals surface area (Å²) < 4.78 is 10.4. The number of nitrogens with zero attached hydrogens (tertiary/aromatic N) is 3. The maximum atomic E-state index is 13.4. The lowest BCUT2D eigenvalue weighted by Gasteiger charge is -2.24. The van der Waals surface area contributed by atoms with Gasteiger partial charge in [-0.2, -0.15) is 5.10 Å². The smallest absolute Gasteiger partial charge is 0.257 e. The standard InChI is InChI=1S/C28H30N4O4/c1-31(18-27(33)29-22-11-15-24(36-3)16-12-22)19-28(34)32-26(21-9-13-23(35-2)14-10-21)17-25(30-32)20-7-5-4-6-8-20/h4-16,26H,17-19H2,1-3H3,(H,29,33). The van der Waals surface area contributed by atoms with Crippen LogP contribution in [0.5, 0.6) is 11.5 Å². The van der Waals surface area contributed by atoms with E-state index in [0.717, 1.165) is 22.6 Å². The van der Waals surface area contributed by atoms with Crippen LogP contribution in [-0.4, -0.2) is 61.8 Å². The molecule has 36 heavy (non-hydrogen) atoms. The molecule has 8 heteroatoms. The molecule has 0 aromatic heterocycles. The Kier molecular flexibility index (Phi) is 7.97. The summed E-state index contributed by atoms with van der Waals surface area (Å²) in [5.41, 5.74) is 3.47. The van der Waals surface area contributed by atoms with E-state index in [1.54, 1.807) is 55.4 Å². The predicted molar refractivity (Wildman–Crippen MR) is 139 cm³/mol. The molecule has 0 radical (unpaired) electrons. The molecule has 2 amide bonds. The molecule has 1 unspecified atom stereocenters. The van der Waals surface area contributed by atoms with Gasteiger partial charge in [0.1, 0.15) is 11.5 Å². The van der Waals surface area contributed by atoms with Crippen LogP contribution in [-0.2, 0) is 9.59 Å². The number of carbonyl (C=O) groups is 2. The molecule has 0 saturated heterocycles. The van der Waals surface area contributed by atoms with Gasteiger partial charge in [0, 0.05) is 12.1 Å². The van der Waals surface area contributed by atoms with E-state index in [4.69, 9.17) is 14.6 Å². The molecule has 1 heterocycles. The first-order chi connectivity index (χ1) is 17.5. The number of rotatable bonds is 9. The Hall–Kier alpha value is -4.17. The molecule has 8 nitrogen and oxygen atoms in total. The van der Waals surface area contributed by atoms with Gasteiger partial charge in [-0.05, 0) is 54.6 Å². The van der Waals surface area contributed by atoms with Crippen LogP contribution in [0, 0.1) is 0 Å². The van der Waals surface area contributed by atoms with Crippen LogP contribution in [0.1, 0.15) is 23.6 Å². The number of ether oxygens (including phenoxy) is 2. The Morgan fingerprint density at radius 3 is 2.14 bits per heavy atom. The molecular weight excluding hydrogens is 456 g/mol. The second-order valence-corrected chi connectivity index (χ2v) is 8.59. The first kappa shape index (κ1) is 24.9. The van der Waals surface area contributed by atoms with Crippen LogP contribution in [0.3, 0.4) is 0 Å². The third-order valence-corrected chi connectivity index (χ3v) is 5.97. The first-order valence-corrected chi connectivity index (χ1v) is 11.7. The van der Waals surface area contributed by atoms with Crippen molar-refractivity contribution in [3.8, 4) is 11.5 Å². The highest BCUT2D eigenvalue weighted by Crippen LogP contribution is 2.33. The number of hydrogen-bond acceptors (Lipinski definition) is 6. The van der Waals surface area contributed by atoms with Crippen molar-refractivity contribution in [3.63, 3.8) is 0 Å². The summed E-state index contributed by atoms with van der Waals surface area (Å²) in [6.07, 6.45) is 0.601. The Morgan fingerprint density at radius 1 is 0.917 bits per heavy atom. The monoisotopic (exact) mass is 486 g/mol. The van der Waals surface area contributed by atoms with E-state index < -0.39 is 0 Å². The van der Waals surface area contributed by atoms with E-state index in [0.29, 0.717) is 17.9 Å². The molecule has 0 bridgehead atoms. The van der Waals surface area contributed by atoms with Crippen molar-refractivity contribution >= 4 is 23.2 Å². The summed E-state index contributed by atoms with van der Waals surface area (Å²) in [5, 5.41) is 9.09. The molecule has 4 rings (SSSR count). The highest BCUT2D eigenvalue weighted by Gasteiger charge is 2.33.